The van der Waals surface area contributed by atoms with E-state index in [4.69, 9.17) is 21.5 Å². The van der Waals surface area contributed by atoms with E-state index in [0.29, 0.717) is 23.7 Å². The predicted molar refractivity (Wildman–Crippen MR) is 112 cm³/mol. The Labute approximate surface area is 176 Å². The Morgan fingerprint density at radius 3 is 2.84 bits per heavy atom. The standard InChI is InChI=1S/C19H17N11O/c1-31-13-3-2-10(4-11(13)6-30-9-24-8-26-30)16-14-15(22)12(5-20)17(23)28-18(14)29-19(27-16)25-7-21/h2-4,8-9,16H,6H2,1H3,(H6,22,23,25,27,28,29). The second kappa shape index (κ2) is 7.88. The minimum atomic E-state index is -0.646. The van der Waals surface area contributed by atoms with Crippen molar-refractivity contribution in [1.29, 1.82) is 10.5 Å². The Hall–Kier alpha value is -4.84. The first kappa shape index (κ1) is 19.5. The topological polar surface area (TPSA) is 189 Å². The number of methoxy groups -OCH3 is 1. The van der Waals surface area contributed by atoms with Crippen molar-refractivity contribution in [3.05, 3.63) is 53.1 Å². The van der Waals surface area contributed by atoms with Crippen LogP contribution in [-0.2, 0) is 6.54 Å². The number of aliphatic imine (C=N–C) groups is 1. The molecule has 3 heterocycles. The highest BCUT2D eigenvalue weighted by atomic mass is 16.5. The summed E-state index contributed by atoms with van der Waals surface area (Å²) in [5, 5.41) is 28.0. The lowest BCUT2D eigenvalue weighted by Crippen LogP contribution is -2.32. The highest BCUT2D eigenvalue weighted by molar-refractivity contribution is 5.98. The van der Waals surface area contributed by atoms with Gasteiger partial charge in [-0.3, -0.25) is 5.32 Å². The van der Waals surface area contributed by atoms with Gasteiger partial charge in [-0.25, -0.2) is 19.6 Å². The first-order valence-electron chi connectivity index (χ1n) is 9.03. The van der Waals surface area contributed by atoms with Crippen molar-refractivity contribution in [3.63, 3.8) is 0 Å². The summed E-state index contributed by atoms with van der Waals surface area (Å²) in [5.41, 5.74) is 14.5. The van der Waals surface area contributed by atoms with Gasteiger partial charge >= 0.3 is 0 Å². The van der Waals surface area contributed by atoms with E-state index in [1.54, 1.807) is 18.1 Å². The number of hydrogen-bond acceptors (Lipinski definition) is 11. The van der Waals surface area contributed by atoms with Crippen molar-refractivity contribution in [2.45, 2.75) is 12.6 Å². The van der Waals surface area contributed by atoms with Crippen LogP contribution in [0, 0.1) is 22.8 Å². The molecule has 12 nitrogen and oxygen atoms in total. The number of nitrogens with one attached hydrogen (secondary N) is 2. The molecule has 0 saturated carbocycles. The molecule has 0 saturated heterocycles. The number of ether oxygens (including phenoxy) is 1. The fourth-order valence-corrected chi connectivity index (χ4v) is 3.40. The van der Waals surface area contributed by atoms with E-state index in [9.17, 15) is 5.26 Å². The summed E-state index contributed by atoms with van der Waals surface area (Å²) in [5.74, 6) is 1.16. The van der Waals surface area contributed by atoms with Crippen LogP contribution in [0.1, 0.15) is 28.3 Å². The molecule has 1 unspecified atom stereocenters. The first-order valence-corrected chi connectivity index (χ1v) is 9.03. The number of nitrogen functional groups attached to an aromatic ring is 2. The number of rotatable bonds is 4. The van der Waals surface area contributed by atoms with Gasteiger partial charge in [-0.2, -0.15) is 15.6 Å². The summed E-state index contributed by atoms with van der Waals surface area (Å²) >= 11 is 0. The van der Waals surface area contributed by atoms with Gasteiger partial charge in [0, 0.05) is 11.1 Å². The summed E-state index contributed by atoms with van der Waals surface area (Å²) in [6.45, 7) is 0.417. The number of aromatic nitrogens is 4. The van der Waals surface area contributed by atoms with Crippen LogP contribution in [0.4, 0.5) is 17.3 Å². The monoisotopic (exact) mass is 415 g/mol. The molecule has 1 atom stereocenters. The van der Waals surface area contributed by atoms with Gasteiger partial charge in [0.15, 0.2) is 6.19 Å². The SMILES string of the molecule is COc1ccc(C2N=C(NC#N)Nc3nc(N)c(C#N)c(N)c32)cc1Cn1cncn1. The quantitative estimate of drug-likeness (QED) is 0.349. The van der Waals surface area contributed by atoms with Gasteiger partial charge in [0.2, 0.25) is 5.96 Å². The van der Waals surface area contributed by atoms with E-state index in [2.05, 4.69) is 30.7 Å². The zero-order valence-electron chi connectivity index (χ0n) is 16.4. The summed E-state index contributed by atoms with van der Waals surface area (Å²) in [6, 6.07) is 6.88. The molecular weight excluding hydrogens is 398 g/mol. The highest BCUT2D eigenvalue weighted by Crippen LogP contribution is 2.41. The summed E-state index contributed by atoms with van der Waals surface area (Å²) < 4.78 is 7.14. The van der Waals surface area contributed by atoms with Gasteiger partial charge in [0.25, 0.3) is 0 Å². The summed E-state index contributed by atoms with van der Waals surface area (Å²) in [7, 11) is 1.58. The lowest BCUT2D eigenvalue weighted by atomic mass is 9.94. The van der Waals surface area contributed by atoms with Crippen LogP contribution < -0.4 is 26.8 Å². The number of hydrogen-bond donors (Lipinski definition) is 4. The number of pyridine rings is 1. The molecule has 1 aromatic carbocycles. The molecule has 2 aromatic heterocycles. The molecule has 3 aromatic rings. The molecule has 0 spiro atoms. The molecule has 12 heteroatoms. The van der Waals surface area contributed by atoms with Crippen LogP contribution >= 0.6 is 0 Å². The normalized spacial score (nSPS) is 14.4. The molecule has 0 amide bonds. The number of anilines is 3. The third kappa shape index (κ3) is 3.49. The number of benzene rings is 1. The first-order chi connectivity index (χ1) is 15.0. The Morgan fingerprint density at radius 2 is 2.16 bits per heavy atom. The molecule has 1 aliphatic rings. The second-order valence-electron chi connectivity index (χ2n) is 6.57. The van der Waals surface area contributed by atoms with Crippen LogP contribution in [0.5, 0.6) is 5.75 Å². The lowest BCUT2D eigenvalue weighted by molar-refractivity contribution is 0.407. The van der Waals surface area contributed by atoms with Crippen LogP contribution in [-0.4, -0.2) is 32.8 Å². The van der Waals surface area contributed by atoms with Crippen LogP contribution in [0.25, 0.3) is 0 Å². The largest absolute Gasteiger partial charge is 0.496 e. The van der Waals surface area contributed by atoms with Crippen molar-refractivity contribution in [3.8, 4) is 18.0 Å². The highest BCUT2D eigenvalue weighted by Gasteiger charge is 2.30. The number of nitrogens with two attached hydrogens (primary N) is 2. The van der Waals surface area contributed by atoms with Crippen LogP contribution in [0.3, 0.4) is 0 Å². The maximum absolute atomic E-state index is 9.46. The van der Waals surface area contributed by atoms with Gasteiger partial charge in [0.1, 0.15) is 47.7 Å². The van der Waals surface area contributed by atoms with Gasteiger partial charge < -0.3 is 21.5 Å². The fourth-order valence-electron chi connectivity index (χ4n) is 3.40. The number of nitriles is 2. The van der Waals surface area contributed by atoms with Gasteiger partial charge in [-0.1, -0.05) is 6.07 Å². The van der Waals surface area contributed by atoms with E-state index >= 15 is 0 Å². The maximum Gasteiger partial charge on any atom is 0.211 e. The van der Waals surface area contributed by atoms with Crippen LogP contribution in [0.15, 0.2) is 35.8 Å². The Morgan fingerprint density at radius 1 is 1.32 bits per heavy atom. The fraction of sp³-hybridized carbons (Fsp3) is 0.158. The zero-order valence-corrected chi connectivity index (χ0v) is 16.4. The number of guanidine groups is 1. The minimum absolute atomic E-state index is 0.00944. The van der Waals surface area contributed by atoms with Crippen molar-refractivity contribution in [2.75, 3.05) is 23.9 Å². The molecule has 31 heavy (non-hydrogen) atoms. The maximum atomic E-state index is 9.46. The number of nitrogens with zero attached hydrogens (tertiary/aromatic N) is 7. The Bertz CT molecular complexity index is 1250. The van der Waals surface area contributed by atoms with Gasteiger partial charge in [-0.05, 0) is 17.7 Å². The third-order valence-electron chi connectivity index (χ3n) is 4.78. The van der Waals surface area contributed by atoms with E-state index in [1.165, 1.54) is 6.33 Å². The molecule has 6 N–H and O–H groups in total. The van der Waals surface area contributed by atoms with Crippen LogP contribution in [0.2, 0.25) is 0 Å². The molecule has 1 aliphatic heterocycles. The number of fused-ring (bicyclic) bond motifs is 1. The van der Waals surface area contributed by atoms with Crippen molar-refractivity contribution in [1.82, 2.24) is 25.1 Å². The predicted octanol–water partition coefficient (Wildman–Crippen LogP) is 0.708. The summed E-state index contributed by atoms with van der Waals surface area (Å²) in [4.78, 5) is 12.8. The van der Waals surface area contributed by atoms with Crippen molar-refractivity contribution in [2.24, 2.45) is 4.99 Å². The van der Waals surface area contributed by atoms with Crippen molar-refractivity contribution < 1.29 is 4.74 Å². The molecule has 0 aliphatic carbocycles. The molecule has 4 rings (SSSR count). The molecular formula is C19H17N11O. The lowest BCUT2D eigenvalue weighted by Gasteiger charge is -2.26. The molecule has 0 fully saturated rings. The average molecular weight is 415 g/mol. The van der Waals surface area contributed by atoms with E-state index in [0.717, 1.165) is 11.1 Å². The van der Waals surface area contributed by atoms with E-state index in [-0.39, 0.29) is 23.0 Å². The average Bonchev–Trinajstić information content (AvgIpc) is 3.26. The smallest absolute Gasteiger partial charge is 0.211 e. The Kier molecular flexibility index (Phi) is 4.95. The Balaban J connectivity index is 1.87. The van der Waals surface area contributed by atoms with E-state index in [1.807, 2.05) is 30.5 Å². The molecule has 154 valence electrons. The summed E-state index contributed by atoms with van der Waals surface area (Å²) in [6.07, 6.45) is 4.88. The zero-order chi connectivity index (χ0) is 22.0. The second-order valence-corrected chi connectivity index (χ2v) is 6.57. The van der Waals surface area contributed by atoms with Crippen molar-refractivity contribution >= 4 is 23.3 Å². The van der Waals surface area contributed by atoms with Gasteiger partial charge in [0.05, 0.1) is 19.3 Å². The van der Waals surface area contributed by atoms with E-state index < -0.39 is 6.04 Å². The molecule has 0 radical (unpaired) electrons. The van der Waals surface area contributed by atoms with Gasteiger partial charge in [-0.15, -0.1) is 0 Å². The molecule has 0 bridgehead atoms. The third-order valence-corrected chi connectivity index (χ3v) is 4.78. The minimum Gasteiger partial charge on any atom is -0.496 e.